The van der Waals surface area contributed by atoms with Crippen molar-refractivity contribution in [3.8, 4) is 0 Å². The summed E-state index contributed by atoms with van der Waals surface area (Å²) >= 11 is 0. The monoisotopic (exact) mass is 263 g/mol. The van der Waals surface area contributed by atoms with Crippen molar-refractivity contribution >= 4 is 0 Å². The van der Waals surface area contributed by atoms with Gasteiger partial charge in [0.25, 0.3) is 0 Å². The molecule has 0 fully saturated rings. The van der Waals surface area contributed by atoms with Gasteiger partial charge < -0.3 is 14.4 Å². The summed E-state index contributed by atoms with van der Waals surface area (Å²) < 4.78 is 7.15. The lowest BCUT2D eigenvalue weighted by molar-refractivity contribution is 0.360. The van der Waals surface area contributed by atoms with E-state index in [1.54, 1.807) is 6.33 Å². The number of nitrogens with one attached hydrogen (secondary N) is 1. The average Bonchev–Trinajstić information content (AvgIpc) is 3.00. The predicted octanol–water partition coefficient (Wildman–Crippen LogP) is 1.94. The molecule has 2 rings (SSSR count). The molecular formula is C13H21N5O. The standard InChI is InChI=1S/C13H21N5O/c1-4-5-14-6-11-7-18(9-15-11)8-12-16-13(10(2)3)19-17-12/h7,9-10,14H,4-6,8H2,1-3H3. The minimum absolute atomic E-state index is 0.262. The highest BCUT2D eigenvalue weighted by Crippen LogP contribution is 2.11. The van der Waals surface area contributed by atoms with Gasteiger partial charge in [0.1, 0.15) is 0 Å². The molecule has 0 bridgehead atoms. The van der Waals surface area contributed by atoms with Crippen LogP contribution in [0.25, 0.3) is 0 Å². The van der Waals surface area contributed by atoms with Gasteiger partial charge >= 0.3 is 0 Å². The number of imidazole rings is 1. The number of hydrogen-bond donors (Lipinski definition) is 1. The van der Waals surface area contributed by atoms with Gasteiger partial charge in [-0.3, -0.25) is 0 Å². The fraction of sp³-hybridized carbons (Fsp3) is 0.615. The number of rotatable bonds is 7. The molecule has 0 radical (unpaired) electrons. The van der Waals surface area contributed by atoms with E-state index in [-0.39, 0.29) is 5.92 Å². The van der Waals surface area contributed by atoms with Gasteiger partial charge in [0, 0.05) is 18.7 Å². The lowest BCUT2D eigenvalue weighted by Gasteiger charge is -1.98. The van der Waals surface area contributed by atoms with Gasteiger partial charge in [-0.2, -0.15) is 4.98 Å². The van der Waals surface area contributed by atoms with Crippen molar-refractivity contribution in [2.24, 2.45) is 0 Å². The van der Waals surface area contributed by atoms with E-state index in [1.165, 1.54) is 0 Å². The highest BCUT2D eigenvalue weighted by molar-refractivity contribution is 4.99. The molecule has 2 aromatic rings. The number of aromatic nitrogens is 4. The molecule has 1 N–H and O–H groups in total. The van der Waals surface area contributed by atoms with E-state index in [2.05, 4.69) is 27.4 Å². The summed E-state index contributed by atoms with van der Waals surface area (Å²) in [4.78, 5) is 8.69. The third-order valence-corrected chi connectivity index (χ3v) is 2.72. The molecule has 0 atom stereocenters. The SMILES string of the molecule is CCCNCc1cn(Cc2noc(C(C)C)n2)cn1. The van der Waals surface area contributed by atoms with Crippen LogP contribution in [-0.2, 0) is 13.1 Å². The molecule has 104 valence electrons. The van der Waals surface area contributed by atoms with Gasteiger partial charge in [0.15, 0.2) is 5.82 Å². The molecule has 0 saturated carbocycles. The van der Waals surface area contributed by atoms with Gasteiger partial charge in [0.2, 0.25) is 5.89 Å². The third kappa shape index (κ3) is 3.89. The van der Waals surface area contributed by atoms with Crippen LogP contribution in [0.3, 0.4) is 0 Å². The fourth-order valence-electron chi connectivity index (χ4n) is 1.71. The molecule has 0 amide bonds. The summed E-state index contributed by atoms with van der Waals surface area (Å²) in [5.41, 5.74) is 1.03. The van der Waals surface area contributed by atoms with E-state index in [1.807, 2.05) is 24.6 Å². The first-order chi connectivity index (χ1) is 9.19. The predicted molar refractivity (Wildman–Crippen MR) is 71.7 cm³/mol. The van der Waals surface area contributed by atoms with E-state index in [0.717, 1.165) is 25.2 Å². The molecule has 0 aliphatic carbocycles. The van der Waals surface area contributed by atoms with Crippen molar-refractivity contribution in [2.45, 2.75) is 46.2 Å². The Labute approximate surface area is 113 Å². The second-order valence-electron chi connectivity index (χ2n) is 4.92. The van der Waals surface area contributed by atoms with E-state index in [0.29, 0.717) is 18.3 Å². The first kappa shape index (κ1) is 13.7. The van der Waals surface area contributed by atoms with E-state index in [4.69, 9.17) is 4.52 Å². The maximum atomic E-state index is 5.18. The third-order valence-electron chi connectivity index (χ3n) is 2.72. The van der Waals surface area contributed by atoms with Crippen molar-refractivity contribution < 1.29 is 4.52 Å². The van der Waals surface area contributed by atoms with Gasteiger partial charge in [-0.15, -0.1) is 0 Å². The van der Waals surface area contributed by atoms with E-state index in [9.17, 15) is 0 Å². The first-order valence-electron chi connectivity index (χ1n) is 6.73. The first-order valence-corrected chi connectivity index (χ1v) is 6.73. The summed E-state index contributed by atoms with van der Waals surface area (Å²) in [6.07, 6.45) is 4.93. The second-order valence-corrected chi connectivity index (χ2v) is 4.92. The zero-order valence-electron chi connectivity index (χ0n) is 11.8. The van der Waals surface area contributed by atoms with Crippen molar-refractivity contribution in [1.29, 1.82) is 0 Å². The molecular weight excluding hydrogens is 242 g/mol. The van der Waals surface area contributed by atoms with Gasteiger partial charge in [-0.05, 0) is 13.0 Å². The molecule has 0 unspecified atom stereocenters. The minimum Gasteiger partial charge on any atom is -0.339 e. The molecule has 0 aliphatic heterocycles. The van der Waals surface area contributed by atoms with Crippen molar-refractivity contribution in [2.75, 3.05) is 6.54 Å². The molecule has 0 saturated heterocycles. The largest absolute Gasteiger partial charge is 0.339 e. The maximum Gasteiger partial charge on any atom is 0.229 e. The minimum atomic E-state index is 0.262. The Morgan fingerprint density at radius 2 is 2.26 bits per heavy atom. The van der Waals surface area contributed by atoms with Crippen LogP contribution in [0.4, 0.5) is 0 Å². The summed E-state index contributed by atoms with van der Waals surface area (Å²) in [6, 6.07) is 0. The van der Waals surface area contributed by atoms with Crippen molar-refractivity contribution in [1.82, 2.24) is 25.0 Å². The van der Waals surface area contributed by atoms with E-state index < -0.39 is 0 Å². The van der Waals surface area contributed by atoms with Crippen LogP contribution in [-0.4, -0.2) is 26.2 Å². The second kappa shape index (κ2) is 6.47. The van der Waals surface area contributed by atoms with Crippen LogP contribution >= 0.6 is 0 Å². The molecule has 6 heteroatoms. The highest BCUT2D eigenvalue weighted by atomic mass is 16.5. The Kier molecular flexibility index (Phi) is 4.68. The van der Waals surface area contributed by atoms with Crippen LogP contribution in [0.5, 0.6) is 0 Å². The summed E-state index contributed by atoms with van der Waals surface area (Å²) in [5.74, 6) is 1.63. The van der Waals surface area contributed by atoms with Crippen LogP contribution in [0.15, 0.2) is 17.0 Å². The molecule has 0 spiro atoms. The quantitative estimate of drug-likeness (QED) is 0.773. The summed E-state index contributed by atoms with van der Waals surface area (Å²) in [6.45, 7) is 8.61. The molecule has 6 nitrogen and oxygen atoms in total. The molecule has 2 heterocycles. The zero-order valence-corrected chi connectivity index (χ0v) is 11.8. The normalized spacial score (nSPS) is 11.4. The maximum absolute atomic E-state index is 5.18. The molecule has 0 aromatic carbocycles. The van der Waals surface area contributed by atoms with Gasteiger partial charge in [0.05, 0.1) is 18.6 Å². The number of nitrogens with zero attached hydrogens (tertiary/aromatic N) is 4. The Morgan fingerprint density at radius 1 is 1.42 bits per heavy atom. The number of hydrogen-bond acceptors (Lipinski definition) is 5. The van der Waals surface area contributed by atoms with Crippen molar-refractivity contribution in [3.63, 3.8) is 0 Å². The summed E-state index contributed by atoms with van der Waals surface area (Å²) in [7, 11) is 0. The van der Waals surface area contributed by atoms with Crippen LogP contribution in [0, 0.1) is 0 Å². The van der Waals surface area contributed by atoms with Crippen LogP contribution in [0.1, 0.15) is 50.5 Å². The Bertz CT molecular complexity index is 503. The average molecular weight is 263 g/mol. The van der Waals surface area contributed by atoms with Crippen LogP contribution < -0.4 is 5.32 Å². The highest BCUT2D eigenvalue weighted by Gasteiger charge is 2.10. The zero-order chi connectivity index (χ0) is 13.7. The Balaban J connectivity index is 1.91. The van der Waals surface area contributed by atoms with E-state index >= 15 is 0 Å². The topological polar surface area (TPSA) is 68.8 Å². The molecule has 19 heavy (non-hydrogen) atoms. The summed E-state index contributed by atoms with van der Waals surface area (Å²) in [5, 5.41) is 7.29. The van der Waals surface area contributed by atoms with Gasteiger partial charge in [-0.25, -0.2) is 4.98 Å². The lowest BCUT2D eigenvalue weighted by Crippen LogP contribution is -2.13. The van der Waals surface area contributed by atoms with Crippen LogP contribution in [0.2, 0.25) is 0 Å². The van der Waals surface area contributed by atoms with Gasteiger partial charge in [-0.1, -0.05) is 25.9 Å². The fourth-order valence-corrected chi connectivity index (χ4v) is 1.71. The molecule has 2 aromatic heterocycles. The van der Waals surface area contributed by atoms with Crippen molar-refractivity contribution in [3.05, 3.63) is 29.9 Å². The molecule has 0 aliphatic rings. The Morgan fingerprint density at radius 3 is 2.95 bits per heavy atom. The smallest absolute Gasteiger partial charge is 0.229 e. The Hall–Kier alpha value is -1.69. The lowest BCUT2D eigenvalue weighted by atomic mass is 10.2.